The average Bonchev–Trinajstić information content (AvgIpc) is 3.12. The number of hydrogen-bond donors (Lipinski definition) is 2. The monoisotopic (exact) mass is 1200 g/mol. The first-order valence-corrected chi connectivity index (χ1v) is 24.3. The molecule has 0 fully saturated rings. The summed E-state index contributed by atoms with van der Waals surface area (Å²) in [6.07, 6.45) is -66.2. The Kier molecular flexibility index (Phi) is 28.9. The van der Waals surface area contributed by atoms with E-state index in [1.165, 1.54) is 14.1 Å². The summed E-state index contributed by atoms with van der Waals surface area (Å²) in [6, 6.07) is 0. The molecule has 0 aliphatic rings. The molecule has 0 aliphatic heterocycles. The van der Waals surface area contributed by atoms with Crippen LogP contribution in [0.15, 0.2) is 0 Å². The average molecular weight is 1200 g/mol. The summed E-state index contributed by atoms with van der Waals surface area (Å²) in [7, 11) is -1.99. The van der Waals surface area contributed by atoms with Crippen LogP contribution in [0.4, 0.5) is 114 Å². The van der Waals surface area contributed by atoms with E-state index >= 15 is 0 Å². The molecule has 0 spiro atoms. The van der Waals surface area contributed by atoms with E-state index in [2.05, 4.69) is 9.44 Å². The summed E-state index contributed by atoms with van der Waals surface area (Å²) in [4.78, 5) is 1.75. The Hall–Kier alpha value is -2.16. The fourth-order valence-electron chi connectivity index (χ4n) is 6.47. The molecule has 0 saturated heterocycles. The fourth-order valence-corrected chi connectivity index (χ4v) is 8.83. The first kappa shape index (κ1) is 76.1. The third-order valence-corrected chi connectivity index (χ3v) is 13.5. The highest BCUT2D eigenvalue weighted by atomic mass is 32.2. The Morgan fingerprint density at radius 3 is 0.946 bits per heavy atom. The maximum atomic E-state index is 13.8. The van der Waals surface area contributed by atoms with Crippen LogP contribution in [0.3, 0.4) is 0 Å². The second-order valence-electron chi connectivity index (χ2n) is 17.7. The quantitative estimate of drug-likeness (QED) is 0.0345. The normalized spacial score (nSPS) is 16.3. The summed E-state index contributed by atoms with van der Waals surface area (Å²) in [5.74, 6) is -15.5. The van der Waals surface area contributed by atoms with Crippen LogP contribution in [0.1, 0.15) is 77.0 Å². The molecule has 0 aliphatic carbocycles. The van der Waals surface area contributed by atoms with Crippen LogP contribution >= 0.6 is 0 Å². The Morgan fingerprint density at radius 2 is 0.716 bits per heavy atom. The third kappa shape index (κ3) is 27.9. The number of sulfonamides is 2. The van der Waals surface area contributed by atoms with Crippen molar-refractivity contribution in [2.75, 3.05) is 65.9 Å². The van der Waals surface area contributed by atoms with Crippen LogP contribution in [-0.2, 0) is 20.0 Å². The highest BCUT2D eigenvalue weighted by molar-refractivity contribution is 7.89. The molecule has 10 nitrogen and oxygen atoms in total. The zero-order valence-electron chi connectivity index (χ0n) is 39.1. The first-order valence-electron chi connectivity index (χ1n) is 21.0. The van der Waals surface area contributed by atoms with Crippen LogP contribution < -0.4 is 9.44 Å². The molecule has 0 amide bonds. The van der Waals surface area contributed by atoms with Gasteiger partial charge in [0.1, 0.15) is 0 Å². The topological polar surface area (TPSA) is 150 Å². The van der Waals surface area contributed by atoms with Crippen molar-refractivity contribution in [3.8, 4) is 0 Å². The summed E-state index contributed by atoms with van der Waals surface area (Å²) in [5, 5.41) is 11.4. The number of hydrogen-bond acceptors (Lipinski definition) is 6. The van der Waals surface area contributed by atoms with Gasteiger partial charge in [-0.2, -0.15) is 105 Å². The minimum Gasteiger partial charge on any atom is -0.633 e. The highest BCUT2D eigenvalue weighted by Crippen LogP contribution is 2.55. The number of nitrogens with one attached hydrogen (secondary N) is 2. The number of rotatable bonds is 28. The lowest BCUT2D eigenvalue weighted by Gasteiger charge is -2.35. The molecule has 0 aromatic carbocycles. The Bertz CT molecular complexity index is 1800. The van der Waals surface area contributed by atoms with E-state index < -0.39 is 185 Å². The van der Waals surface area contributed by atoms with Crippen LogP contribution in [0.25, 0.3) is 0 Å². The molecule has 0 radical (unpaired) electrons. The molecule has 4 N–H and O–H groups in total. The molecule has 0 aromatic rings. The van der Waals surface area contributed by atoms with Gasteiger partial charge in [-0.25, -0.2) is 35.1 Å². The largest absolute Gasteiger partial charge is 0.633 e. The summed E-state index contributed by atoms with van der Waals surface area (Å²) < 4.78 is 389. The van der Waals surface area contributed by atoms with E-state index in [4.69, 9.17) is 0 Å². The molecule has 38 heteroatoms. The number of halogens is 26. The van der Waals surface area contributed by atoms with Crippen molar-refractivity contribution in [1.82, 2.24) is 14.3 Å². The van der Waals surface area contributed by atoms with Crippen molar-refractivity contribution in [2.24, 2.45) is 23.7 Å². The molecule has 0 aromatic heterocycles. The minimum atomic E-state index is -6.88. The van der Waals surface area contributed by atoms with Crippen LogP contribution in [0, 0.1) is 28.9 Å². The Labute approximate surface area is 407 Å². The molecule has 0 rings (SSSR count). The van der Waals surface area contributed by atoms with E-state index in [9.17, 15) is 136 Å². The van der Waals surface area contributed by atoms with Crippen LogP contribution in [0.5, 0.6) is 0 Å². The summed E-state index contributed by atoms with van der Waals surface area (Å²) >= 11 is 0. The van der Waals surface area contributed by atoms with Crippen molar-refractivity contribution in [1.29, 1.82) is 0 Å². The highest BCUT2D eigenvalue weighted by Gasteiger charge is 2.75. The van der Waals surface area contributed by atoms with Crippen molar-refractivity contribution in [3.05, 3.63) is 5.21 Å². The van der Waals surface area contributed by atoms with Gasteiger partial charge < -0.3 is 20.2 Å². The molecular weight excluding hydrogens is 1140 g/mol. The SMILES string of the molecule is CN(C)CCCNS(=O)(=O)CCCCC(CC(CC(F)(C(F)(F)F)C(F)(F)F)C(F)(F)F)C(F)(F)F.C[N+](C)([O-])CCCNS(=O)(=O)CCCCC(CC(CC(F)(C(F)(F)F)C(F)(F)F)C(F)(F)F)C(F)(F)F.O. The van der Waals surface area contributed by atoms with Crippen molar-refractivity contribution in [2.45, 2.75) is 138 Å². The Balaban J connectivity index is -0.00000134. The van der Waals surface area contributed by atoms with E-state index in [0.29, 0.717) is 13.0 Å². The molecular formula is C36H56F26N4O6S2. The van der Waals surface area contributed by atoms with Gasteiger partial charge in [-0.3, -0.25) is 0 Å². The van der Waals surface area contributed by atoms with E-state index in [0.717, 1.165) is 0 Å². The zero-order valence-corrected chi connectivity index (χ0v) is 40.7. The zero-order chi connectivity index (χ0) is 58.5. The number of unbranched alkanes of at least 4 members (excludes halogenated alkanes) is 2. The van der Waals surface area contributed by atoms with E-state index in [-0.39, 0.29) is 31.5 Å². The van der Waals surface area contributed by atoms with Gasteiger partial charge in [-0.15, -0.1) is 0 Å². The molecule has 4 atom stereocenters. The van der Waals surface area contributed by atoms with Gasteiger partial charge in [-0.1, -0.05) is 12.8 Å². The van der Waals surface area contributed by atoms with Gasteiger partial charge in [-0.05, 0) is 65.6 Å². The lowest BCUT2D eigenvalue weighted by Crippen LogP contribution is -2.55. The predicted molar refractivity (Wildman–Crippen MR) is 212 cm³/mol. The molecule has 74 heavy (non-hydrogen) atoms. The van der Waals surface area contributed by atoms with Gasteiger partial charge in [0.05, 0.1) is 55.8 Å². The van der Waals surface area contributed by atoms with Crippen molar-refractivity contribution in [3.63, 3.8) is 0 Å². The number of quaternary nitrogens is 1. The maximum absolute atomic E-state index is 13.8. The minimum absolute atomic E-state index is 0. The molecule has 450 valence electrons. The summed E-state index contributed by atoms with van der Waals surface area (Å²) in [5.41, 5.74) is -12.8. The molecule has 0 saturated carbocycles. The standard InChI is InChI=1S/C18H27F13N2O3S.C18H27F13N2O2S.H2O/c1-33(2,34)8-5-7-32-37(35,36)9-4-3-6-12(15(20,21)22)10-13(16(23,24)25)11-14(19,17(26,27)28)18(29,30)31;1-33(2)8-5-7-32-36(34,35)9-4-3-6-12(15(20,21)22)10-13(16(23,24)25)11-14(19,17(26,27)28)18(29,30)31;/h12-13,32H,3-11H2,1-2H3;12-13,32H,3-11H2,1-2H3;1H2. The van der Waals surface area contributed by atoms with Gasteiger partial charge in [0.15, 0.2) is 0 Å². The maximum Gasteiger partial charge on any atom is 0.431 e. The van der Waals surface area contributed by atoms with Gasteiger partial charge in [0.25, 0.3) is 11.3 Å². The smallest absolute Gasteiger partial charge is 0.431 e. The van der Waals surface area contributed by atoms with Gasteiger partial charge in [0.2, 0.25) is 20.0 Å². The molecule has 0 heterocycles. The van der Waals surface area contributed by atoms with E-state index in [1.54, 1.807) is 19.0 Å². The molecule has 0 bridgehead atoms. The second kappa shape index (κ2) is 28.1. The molecule has 4 unspecified atom stereocenters. The third-order valence-electron chi connectivity index (χ3n) is 10.6. The van der Waals surface area contributed by atoms with Crippen LogP contribution in [-0.4, -0.2) is 158 Å². The first-order chi connectivity index (χ1) is 32.0. The lowest BCUT2D eigenvalue weighted by molar-refractivity contribution is -0.840. The number of alkyl halides is 26. The predicted octanol–water partition coefficient (Wildman–Crippen LogP) is 11.2. The second-order valence-corrected chi connectivity index (χ2v) is 21.5. The lowest BCUT2D eigenvalue weighted by atomic mass is 9.82. The number of nitrogens with zero attached hydrogens (tertiary/aromatic N) is 2. The van der Waals surface area contributed by atoms with Gasteiger partial charge >= 0.3 is 49.4 Å². The summed E-state index contributed by atoms with van der Waals surface area (Å²) in [6.45, 7) is 0.356. The van der Waals surface area contributed by atoms with Crippen molar-refractivity contribution >= 4 is 20.0 Å². The van der Waals surface area contributed by atoms with Crippen molar-refractivity contribution < 1.29 is 141 Å². The van der Waals surface area contributed by atoms with Gasteiger partial charge in [0, 0.05) is 32.4 Å². The fraction of sp³-hybridized carbons (Fsp3) is 1.00. The van der Waals surface area contributed by atoms with Crippen LogP contribution in [0.2, 0.25) is 0 Å². The van der Waals surface area contributed by atoms with E-state index in [1.807, 2.05) is 0 Å². The Morgan fingerprint density at radius 1 is 0.446 bits per heavy atom. The number of hydroxylamine groups is 3.